The van der Waals surface area contributed by atoms with Gasteiger partial charge in [0.1, 0.15) is 17.4 Å². The summed E-state index contributed by atoms with van der Waals surface area (Å²) in [4.78, 5) is 48.3. The van der Waals surface area contributed by atoms with Gasteiger partial charge in [0.25, 0.3) is 5.56 Å². The van der Waals surface area contributed by atoms with Gasteiger partial charge in [-0.1, -0.05) is 20.3 Å². The van der Waals surface area contributed by atoms with Gasteiger partial charge >= 0.3 is 12.1 Å². The third-order valence-corrected chi connectivity index (χ3v) is 9.42. The van der Waals surface area contributed by atoms with Gasteiger partial charge in [-0.3, -0.25) is 4.79 Å². The topological polar surface area (TPSA) is 94.0 Å². The van der Waals surface area contributed by atoms with Crippen molar-refractivity contribution in [3.8, 4) is 17.1 Å². The lowest BCUT2D eigenvalue weighted by Gasteiger charge is -2.39. The molecule has 9 heteroatoms. The molecule has 0 N–H and O–H groups in total. The van der Waals surface area contributed by atoms with Crippen molar-refractivity contribution in [2.75, 3.05) is 26.2 Å². The van der Waals surface area contributed by atoms with Crippen molar-refractivity contribution in [2.45, 2.75) is 77.5 Å². The summed E-state index contributed by atoms with van der Waals surface area (Å²) in [6.45, 7) is 8.15. The number of aromatic nitrogens is 2. The number of cyclic esters (lactones) is 1. The molecular formula is C32H36N4O5. The van der Waals surface area contributed by atoms with Crippen LogP contribution in [0, 0.1) is 0 Å². The predicted octanol–water partition coefficient (Wildman–Crippen LogP) is 5.06. The number of aryl methyl sites for hydroxylation is 1. The fourth-order valence-electron chi connectivity index (χ4n) is 7.25. The van der Waals surface area contributed by atoms with E-state index in [9.17, 15) is 14.4 Å². The molecule has 1 aromatic carbocycles. The number of likely N-dealkylation sites (tertiary alicyclic amines) is 2. The first-order valence-electron chi connectivity index (χ1n) is 15.1. The van der Waals surface area contributed by atoms with Crippen molar-refractivity contribution >= 4 is 23.0 Å². The fraction of sp³-hybridized carbons (Fsp3) is 0.500. The van der Waals surface area contributed by atoms with Crippen LogP contribution in [-0.4, -0.2) is 63.6 Å². The van der Waals surface area contributed by atoms with E-state index < -0.39 is 12.1 Å². The number of nitrogens with zero attached hydrogens (tertiary/aromatic N) is 4. The Hall–Kier alpha value is -3.72. The Morgan fingerprint density at radius 1 is 1.05 bits per heavy atom. The fourth-order valence-corrected chi connectivity index (χ4v) is 7.25. The molecule has 0 aliphatic carbocycles. The van der Waals surface area contributed by atoms with E-state index in [1.54, 1.807) is 10.6 Å². The van der Waals surface area contributed by atoms with Crippen molar-refractivity contribution in [1.29, 1.82) is 0 Å². The summed E-state index contributed by atoms with van der Waals surface area (Å²) in [7, 11) is 0. The van der Waals surface area contributed by atoms with Crippen LogP contribution in [0.3, 0.4) is 0 Å². The number of ether oxygens (including phenoxy) is 2. The highest BCUT2D eigenvalue weighted by molar-refractivity contribution is 5.95. The second-order valence-electron chi connectivity index (χ2n) is 11.7. The summed E-state index contributed by atoms with van der Waals surface area (Å²) in [6, 6.07) is 8.05. The van der Waals surface area contributed by atoms with Crippen LogP contribution in [0.4, 0.5) is 4.79 Å². The number of rotatable bonds is 4. The molecule has 1 amide bonds. The number of fused-ring (bicyclic) bond motifs is 5. The van der Waals surface area contributed by atoms with E-state index in [-0.39, 0.29) is 17.2 Å². The zero-order valence-electron chi connectivity index (χ0n) is 23.8. The molecule has 2 fully saturated rings. The van der Waals surface area contributed by atoms with E-state index >= 15 is 0 Å². The molecule has 0 unspecified atom stereocenters. The maximum Gasteiger partial charge on any atom is 0.415 e. The molecule has 4 aliphatic rings. The summed E-state index contributed by atoms with van der Waals surface area (Å²) in [5.74, 6) is -0.0450. The Morgan fingerprint density at radius 2 is 1.83 bits per heavy atom. The molecule has 4 aliphatic heterocycles. The number of esters is 1. The first-order chi connectivity index (χ1) is 20.0. The Labute approximate surface area is 239 Å². The standard InChI is InChI=1S/C32H36N4O5/c1-3-21-22-16-20(40-32(39)35-14-10-19(11-15-35)34-12-6-5-7-13-34)8-9-25(22)33-29-24(21)18-36-26(29)17-23-27(4-2)41-31(38)28(23)30(36)37/h8-9,16-17,19,27H,3-7,10-15,18H2,1-2H3/t27-/m1/s1. The lowest BCUT2D eigenvalue weighted by Crippen LogP contribution is -2.48. The zero-order chi connectivity index (χ0) is 28.2. The van der Waals surface area contributed by atoms with Gasteiger partial charge in [0.2, 0.25) is 0 Å². The molecule has 0 bridgehead atoms. The van der Waals surface area contributed by atoms with Crippen LogP contribution in [0.5, 0.6) is 5.75 Å². The van der Waals surface area contributed by atoms with Gasteiger partial charge in [0.15, 0.2) is 0 Å². The molecule has 2 aromatic heterocycles. The van der Waals surface area contributed by atoms with Crippen molar-refractivity contribution in [3.05, 3.63) is 56.9 Å². The number of carbonyl (C=O) groups excluding carboxylic acids is 2. The van der Waals surface area contributed by atoms with Crippen LogP contribution in [0.2, 0.25) is 0 Å². The number of hydrogen-bond donors (Lipinski definition) is 0. The second-order valence-corrected chi connectivity index (χ2v) is 11.7. The number of pyridine rings is 2. The quantitative estimate of drug-likeness (QED) is 0.325. The molecule has 6 heterocycles. The van der Waals surface area contributed by atoms with Crippen LogP contribution >= 0.6 is 0 Å². The summed E-state index contributed by atoms with van der Waals surface area (Å²) >= 11 is 0. The van der Waals surface area contributed by atoms with Gasteiger partial charge in [-0.2, -0.15) is 0 Å². The third kappa shape index (κ3) is 4.33. The second kappa shape index (κ2) is 10.3. The molecule has 2 saturated heterocycles. The third-order valence-electron chi connectivity index (χ3n) is 9.42. The molecule has 9 nitrogen and oxygen atoms in total. The van der Waals surface area contributed by atoms with Crippen LogP contribution < -0.4 is 10.3 Å². The molecule has 0 radical (unpaired) electrons. The van der Waals surface area contributed by atoms with E-state index in [2.05, 4.69) is 11.8 Å². The average Bonchev–Trinajstić information content (AvgIpc) is 3.54. The van der Waals surface area contributed by atoms with Crippen LogP contribution in [0.15, 0.2) is 29.1 Å². The smallest absolute Gasteiger partial charge is 0.415 e. The van der Waals surface area contributed by atoms with Crippen LogP contribution in [0.25, 0.3) is 22.3 Å². The Morgan fingerprint density at radius 3 is 2.56 bits per heavy atom. The van der Waals surface area contributed by atoms with Crippen molar-refractivity contribution in [3.63, 3.8) is 0 Å². The van der Waals surface area contributed by atoms with Gasteiger partial charge in [0.05, 0.1) is 23.4 Å². The zero-order valence-corrected chi connectivity index (χ0v) is 23.8. The van der Waals surface area contributed by atoms with Crippen molar-refractivity contribution in [1.82, 2.24) is 19.4 Å². The molecule has 0 spiro atoms. The maximum atomic E-state index is 13.4. The molecule has 41 heavy (non-hydrogen) atoms. The Kier molecular flexibility index (Phi) is 6.57. The van der Waals surface area contributed by atoms with Gasteiger partial charge in [-0.05, 0) is 81.4 Å². The first kappa shape index (κ1) is 26.2. The lowest BCUT2D eigenvalue weighted by atomic mass is 9.98. The molecule has 3 aromatic rings. The molecule has 7 rings (SSSR count). The number of hydrogen-bond acceptors (Lipinski definition) is 7. The minimum atomic E-state index is -0.542. The van der Waals surface area contributed by atoms with Crippen LogP contribution in [-0.2, 0) is 17.7 Å². The van der Waals surface area contributed by atoms with E-state index in [1.165, 1.54) is 32.4 Å². The Bertz CT molecular complexity index is 1610. The van der Waals surface area contributed by atoms with Crippen molar-refractivity contribution < 1.29 is 19.1 Å². The average molecular weight is 557 g/mol. The van der Waals surface area contributed by atoms with Crippen molar-refractivity contribution in [2.24, 2.45) is 0 Å². The molecule has 0 saturated carbocycles. The maximum absolute atomic E-state index is 13.4. The van der Waals surface area contributed by atoms with Gasteiger partial charge < -0.3 is 23.8 Å². The minimum absolute atomic E-state index is 0.144. The number of carbonyl (C=O) groups is 2. The molecule has 1 atom stereocenters. The highest BCUT2D eigenvalue weighted by Crippen LogP contribution is 2.40. The molecular weight excluding hydrogens is 520 g/mol. The number of piperidine rings is 2. The van der Waals surface area contributed by atoms with Gasteiger partial charge in [0, 0.05) is 35.6 Å². The minimum Gasteiger partial charge on any atom is -0.454 e. The van der Waals surface area contributed by atoms with E-state index in [1.807, 2.05) is 30.0 Å². The first-order valence-corrected chi connectivity index (χ1v) is 15.1. The largest absolute Gasteiger partial charge is 0.454 e. The van der Waals surface area contributed by atoms with Gasteiger partial charge in [-0.15, -0.1) is 0 Å². The van der Waals surface area contributed by atoms with E-state index in [4.69, 9.17) is 14.5 Å². The molecule has 214 valence electrons. The highest BCUT2D eigenvalue weighted by atomic mass is 16.6. The normalized spacial score (nSPS) is 20.6. The highest BCUT2D eigenvalue weighted by Gasteiger charge is 2.37. The lowest BCUT2D eigenvalue weighted by molar-refractivity contribution is 0.0377. The SMILES string of the molecule is CCc1c2c(nc3ccc(OC(=O)N4CCC(N5CCCCC5)CC4)cc13)-c1cc3c(c(=O)n1C2)C(=O)O[C@@H]3CC. The van der Waals surface area contributed by atoms with Gasteiger partial charge in [-0.25, -0.2) is 14.6 Å². The summed E-state index contributed by atoms with van der Waals surface area (Å²) in [5.41, 5.74) is 4.80. The van der Waals surface area contributed by atoms with E-state index in [0.29, 0.717) is 43.4 Å². The summed E-state index contributed by atoms with van der Waals surface area (Å²) < 4.78 is 13.0. The summed E-state index contributed by atoms with van der Waals surface area (Å²) in [6.07, 6.45) is 6.49. The van der Waals surface area contributed by atoms with Crippen LogP contribution in [0.1, 0.15) is 85.5 Å². The number of amides is 1. The summed E-state index contributed by atoms with van der Waals surface area (Å²) in [5, 5.41) is 0.916. The van der Waals surface area contributed by atoms with E-state index in [0.717, 1.165) is 52.7 Å². The monoisotopic (exact) mass is 556 g/mol. The predicted molar refractivity (Wildman–Crippen MR) is 154 cm³/mol. The number of benzene rings is 1. The Balaban J connectivity index is 1.15.